The highest BCUT2D eigenvalue weighted by Gasteiger charge is 2.58. The molecule has 3 aromatic rings. The van der Waals surface area contributed by atoms with Crippen molar-refractivity contribution in [3.63, 3.8) is 0 Å². The minimum Gasteiger partial charge on any atom is -0.496 e. The second-order valence-corrected chi connectivity index (χ2v) is 9.36. The van der Waals surface area contributed by atoms with Crippen molar-refractivity contribution in [2.75, 3.05) is 26.7 Å². The Labute approximate surface area is 186 Å². The molecule has 2 fully saturated rings. The number of benzene rings is 2. The van der Waals surface area contributed by atoms with E-state index in [1.807, 2.05) is 18.2 Å². The predicted molar refractivity (Wildman–Crippen MR) is 122 cm³/mol. The van der Waals surface area contributed by atoms with E-state index in [0.29, 0.717) is 6.54 Å². The summed E-state index contributed by atoms with van der Waals surface area (Å²) in [7, 11) is 1.69. The van der Waals surface area contributed by atoms with Crippen molar-refractivity contribution >= 4 is 28.7 Å². The van der Waals surface area contributed by atoms with E-state index in [9.17, 15) is 4.79 Å². The van der Waals surface area contributed by atoms with Crippen LogP contribution in [0.25, 0.3) is 11.0 Å². The molecule has 1 saturated carbocycles. The number of aromatic nitrogens is 2. The first-order valence-electron chi connectivity index (χ1n) is 11.0. The summed E-state index contributed by atoms with van der Waals surface area (Å²) in [6.07, 6.45) is 4.05. The number of fused-ring (bicyclic) bond motifs is 1. The summed E-state index contributed by atoms with van der Waals surface area (Å²) in [5.41, 5.74) is 4.62. The van der Waals surface area contributed by atoms with E-state index in [0.717, 1.165) is 67.7 Å². The molecule has 5 rings (SSSR count). The second kappa shape index (κ2) is 8.55. The number of piperidine rings is 1. The van der Waals surface area contributed by atoms with Gasteiger partial charge in [0.2, 0.25) is 5.91 Å². The molecule has 6 nitrogen and oxygen atoms in total. The van der Waals surface area contributed by atoms with Crippen LogP contribution in [0.5, 0.6) is 5.75 Å². The zero-order chi connectivity index (χ0) is 21.3. The quantitative estimate of drug-likeness (QED) is 0.612. The number of amides is 1. The van der Waals surface area contributed by atoms with Crippen molar-refractivity contribution in [1.82, 2.24) is 19.0 Å². The Morgan fingerprint density at radius 1 is 1.19 bits per heavy atom. The molecule has 1 aliphatic carbocycles. The average Bonchev–Trinajstić information content (AvgIpc) is 3.29. The number of nitrogens with zero attached hydrogens (tertiary/aromatic N) is 3. The maximum atomic E-state index is 12.7. The Bertz CT molecular complexity index is 1070. The molecular formula is C24H28N4O2S. The van der Waals surface area contributed by atoms with Gasteiger partial charge in [0, 0.05) is 19.0 Å². The van der Waals surface area contributed by atoms with Crippen LogP contribution < -0.4 is 10.1 Å². The number of carbonyl (C=O) groups excluding carboxylic acids is 1. The Hall–Kier alpha value is -2.51. The summed E-state index contributed by atoms with van der Waals surface area (Å²) in [5, 5.41) is 3.16. The Balaban J connectivity index is 1.08. The largest absolute Gasteiger partial charge is 0.496 e. The molecule has 2 heterocycles. The molecule has 0 unspecified atom stereocenters. The zero-order valence-electron chi connectivity index (χ0n) is 17.8. The van der Waals surface area contributed by atoms with Gasteiger partial charge in [0.25, 0.3) is 0 Å². The highest BCUT2D eigenvalue weighted by molar-refractivity contribution is 7.00. The van der Waals surface area contributed by atoms with Crippen molar-refractivity contribution in [1.29, 1.82) is 0 Å². The molecule has 2 aromatic carbocycles. The van der Waals surface area contributed by atoms with Crippen LogP contribution in [0.4, 0.5) is 0 Å². The summed E-state index contributed by atoms with van der Waals surface area (Å²) >= 11 is 1.27. The summed E-state index contributed by atoms with van der Waals surface area (Å²) in [6, 6.07) is 14.4. The number of hydrogen-bond donors (Lipinski definition) is 1. The standard InChI is InChI=1S/C24H28N4O2S/c1-30-22-5-3-2-4-18(22)8-11-25-23(29)19-15-24(19)9-12-28(13-10-24)16-17-6-7-20-21(14-17)27-31-26-20/h2-7,14,19H,8-13,15-16H2,1H3,(H,25,29)/t19-/m0/s1. The first-order chi connectivity index (χ1) is 15.2. The fourth-order valence-corrected chi connectivity index (χ4v) is 5.48. The number of hydrogen-bond acceptors (Lipinski definition) is 6. The first kappa shape index (κ1) is 20.4. The summed E-state index contributed by atoms with van der Waals surface area (Å²) in [5.74, 6) is 1.30. The van der Waals surface area contributed by atoms with Gasteiger partial charge in [-0.2, -0.15) is 8.75 Å². The van der Waals surface area contributed by atoms with E-state index in [-0.39, 0.29) is 17.2 Å². The monoisotopic (exact) mass is 436 g/mol. The number of carbonyl (C=O) groups is 1. The van der Waals surface area contributed by atoms with Crippen LogP contribution in [-0.2, 0) is 17.8 Å². The molecule has 1 spiro atoms. The maximum Gasteiger partial charge on any atom is 0.223 e. The molecule has 1 N–H and O–H groups in total. The lowest BCUT2D eigenvalue weighted by molar-refractivity contribution is -0.123. The van der Waals surface area contributed by atoms with Crippen molar-refractivity contribution in [2.24, 2.45) is 11.3 Å². The van der Waals surface area contributed by atoms with Gasteiger partial charge in [0.1, 0.15) is 16.8 Å². The Morgan fingerprint density at radius 3 is 2.84 bits per heavy atom. The fraction of sp³-hybridized carbons (Fsp3) is 0.458. The number of methoxy groups -OCH3 is 1. The number of likely N-dealkylation sites (tertiary alicyclic amines) is 1. The number of ether oxygens (including phenoxy) is 1. The van der Waals surface area contributed by atoms with Gasteiger partial charge in [0.05, 0.1) is 18.8 Å². The first-order valence-corrected chi connectivity index (χ1v) is 11.7. The summed E-state index contributed by atoms with van der Waals surface area (Å²) in [6.45, 7) is 3.71. The van der Waals surface area contributed by atoms with Crippen LogP contribution in [0.3, 0.4) is 0 Å². The summed E-state index contributed by atoms with van der Waals surface area (Å²) in [4.78, 5) is 15.2. The smallest absolute Gasteiger partial charge is 0.223 e. The molecule has 0 radical (unpaired) electrons. The van der Waals surface area contributed by atoms with E-state index in [4.69, 9.17) is 4.74 Å². The van der Waals surface area contributed by atoms with E-state index in [1.54, 1.807) is 7.11 Å². The molecule has 1 aliphatic heterocycles. The molecule has 1 saturated heterocycles. The van der Waals surface area contributed by atoms with Gasteiger partial charge in [-0.25, -0.2) is 0 Å². The number of rotatable bonds is 7. The SMILES string of the molecule is COc1ccccc1CCNC(=O)[C@@H]1CC12CCN(Cc1ccc3nsnc3c1)CC2. The van der Waals surface area contributed by atoms with Crippen LogP contribution >= 0.6 is 11.7 Å². The molecular weight excluding hydrogens is 408 g/mol. The van der Waals surface area contributed by atoms with E-state index in [2.05, 4.69) is 43.2 Å². The maximum absolute atomic E-state index is 12.7. The van der Waals surface area contributed by atoms with Gasteiger partial charge in [-0.15, -0.1) is 0 Å². The molecule has 7 heteroatoms. The molecule has 2 aliphatic rings. The summed E-state index contributed by atoms with van der Waals surface area (Å²) < 4.78 is 14.0. The molecule has 162 valence electrons. The zero-order valence-corrected chi connectivity index (χ0v) is 18.7. The van der Waals surface area contributed by atoms with Gasteiger partial charge < -0.3 is 10.1 Å². The lowest BCUT2D eigenvalue weighted by Gasteiger charge is -2.32. The van der Waals surface area contributed by atoms with Gasteiger partial charge in [-0.3, -0.25) is 9.69 Å². The van der Waals surface area contributed by atoms with Gasteiger partial charge in [-0.1, -0.05) is 24.3 Å². The highest BCUT2D eigenvalue weighted by atomic mass is 32.1. The number of nitrogens with one attached hydrogen (secondary N) is 1. The third-order valence-electron chi connectivity index (χ3n) is 6.97. The molecule has 0 bridgehead atoms. The van der Waals surface area contributed by atoms with Crippen molar-refractivity contribution < 1.29 is 9.53 Å². The lowest BCUT2D eigenvalue weighted by atomic mass is 9.90. The highest BCUT2D eigenvalue weighted by Crippen LogP contribution is 2.59. The Morgan fingerprint density at radius 2 is 2.00 bits per heavy atom. The van der Waals surface area contributed by atoms with Gasteiger partial charge >= 0.3 is 0 Å². The van der Waals surface area contributed by atoms with Gasteiger partial charge in [-0.05, 0) is 73.5 Å². The minimum absolute atomic E-state index is 0.185. The molecule has 31 heavy (non-hydrogen) atoms. The fourth-order valence-electron chi connectivity index (χ4n) is 4.96. The minimum atomic E-state index is 0.185. The van der Waals surface area contributed by atoms with Crippen LogP contribution in [0.15, 0.2) is 42.5 Å². The van der Waals surface area contributed by atoms with Crippen molar-refractivity contribution in [3.05, 3.63) is 53.6 Å². The molecule has 1 atom stereocenters. The normalized spacial score (nSPS) is 20.1. The van der Waals surface area contributed by atoms with Crippen LogP contribution in [0, 0.1) is 11.3 Å². The van der Waals surface area contributed by atoms with Crippen molar-refractivity contribution in [3.8, 4) is 5.75 Å². The molecule has 1 amide bonds. The third-order valence-corrected chi connectivity index (χ3v) is 7.53. The molecule has 1 aromatic heterocycles. The van der Waals surface area contributed by atoms with Crippen LogP contribution in [0.2, 0.25) is 0 Å². The number of para-hydroxylation sites is 1. The second-order valence-electron chi connectivity index (χ2n) is 8.84. The van der Waals surface area contributed by atoms with Crippen LogP contribution in [-0.4, -0.2) is 46.3 Å². The van der Waals surface area contributed by atoms with Gasteiger partial charge in [0.15, 0.2) is 0 Å². The lowest BCUT2D eigenvalue weighted by Crippen LogP contribution is -2.37. The predicted octanol–water partition coefficient (Wildman–Crippen LogP) is 3.66. The van der Waals surface area contributed by atoms with E-state index < -0.39 is 0 Å². The van der Waals surface area contributed by atoms with E-state index >= 15 is 0 Å². The third kappa shape index (κ3) is 4.29. The average molecular weight is 437 g/mol. The Kier molecular flexibility index (Phi) is 5.63. The van der Waals surface area contributed by atoms with Crippen LogP contribution in [0.1, 0.15) is 30.4 Å². The van der Waals surface area contributed by atoms with Crippen molar-refractivity contribution in [2.45, 2.75) is 32.2 Å². The van der Waals surface area contributed by atoms with E-state index in [1.165, 1.54) is 17.3 Å². The topological polar surface area (TPSA) is 67.3 Å².